The minimum absolute atomic E-state index is 0.284. The molecule has 0 spiro atoms. The van der Waals surface area contributed by atoms with Crippen LogP contribution in [-0.2, 0) is 14.8 Å². The van der Waals surface area contributed by atoms with Crippen LogP contribution in [0.4, 0.5) is 5.69 Å². The van der Waals surface area contributed by atoms with Gasteiger partial charge in [0.2, 0.25) is 10.0 Å². The number of hydrogen-bond acceptors (Lipinski definition) is 5. The van der Waals surface area contributed by atoms with Gasteiger partial charge in [0, 0.05) is 12.1 Å². The fraction of sp³-hybridized carbons (Fsp3) is 0.350. The van der Waals surface area contributed by atoms with E-state index in [0.29, 0.717) is 35.4 Å². The Hall–Kier alpha value is -2.45. The van der Waals surface area contributed by atoms with E-state index in [1.807, 2.05) is 19.1 Å². The number of nitrogens with zero attached hydrogens (tertiary/aromatic N) is 1. The monoisotopic (exact) mass is 440 g/mol. The maximum absolute atomic E-state index is 12.2. The van der Waals surface area contributed by atoms with Crippen molar-refractivity contribution in [2.75, 3.05) is 30.8 Å². The molecule has 0 saturated carbocycles. The second kappa shape index (κ2) is 9.84. The molecule has 158 valence electrons. The first-order valence-corrected chi connectivity index (χ1v) is 11.2. The summed E-state index contributed by atoms with van der Waals surface area (Å²) in [6, 6.07) is 11.9. The number of amides is 1. The molecular formula is C20H25ClN2O5S. The van der Waals surface area contributed by atoms with Crippen LogP contribution in [0.25, 0.3) is 0 Å². The summed E-state index contributed by atoms with van der Waals surface area (Å²) in [7, 11) is -1.87. The third-order valence-corrected chi connectivity index (χ3v) is 5.81. The molecule has 0 aliphatic carbocycles. The summed E-state index contributed by atoms with van der Waals surface area (Å²) in [6.07, 6.45) is 0.406. The van der Waals surface area contributed by atoms with Crippen molar-refractivity contribution in [1.29, 1.82) is 0 Å². The normalized spacial score (nSPS) is 12.2. The molecule has 0 unspecified atom stereocenters. The van der Waals surface area contributed by atoms with Crippen LogP contribution in [0.5, 0.6) is 11.5 Å². The molecule has 0 aliphatic heterocycles. The Morgan fingerprint density at radius 3 is 2.38 bits per heavy atom. The zero-order chi connectivity index (χ0) is 21.6. The molecule has 9 heteroatoms. The van der Waals surface area contributed by atoms with Gasteiger partial charge in [-0.05, 0) is 55.8 Å². The van der Waals surface area contributed by atoms with E-state index >= 15 is 0 Å². The Kier molecular flexibility index (Phi) is 7.75. The molecule has 2 aromatic carbocycles. The molecular weight excluding hydrogens is 416 g/mol. The van der Waals surface area contributed by atoms with Crippen molar-refractivity contribution in [2.45, 2.75) is 20.0 Å². The Labute approximate surface area is 176 Å². The lowest BCUT2D eigenvalue weighted by Gasteiger charge is -2.18. The van der Waals surface area contributed by atoms with E-state index in [4.69, 9.17) is 21.1 Å². The minimum Gasteiger partial charge on any atom is -0.492 e. The number of rotatable bonds is 9. The van der Waals surface area contributed by atoms with E-state index in [9.17, 15) is 13.2 Å². The summed E-state index contributed by atoms with van der Waals surface area (Å²) in [5, 5.41) is 3.37. The first-order chi connectivity index (χ1) is 13.6. The number of halogens is 1. The Morgan fingerprint density at radius 2 is 1.79 bits per heavy atom. The van der Waals surface area contributed by atoms with Crippen molar-refractivity contribution in [1.82, 2.24) is 5.32 Å². The van der Waals surface area contributed by atoms with Crippen LogP contribution >= 0.6 is 11.6 Å². The van der Waals surface area contributed by atoms with Gasteiger partial charge in [0.25, 0.3) is 5.91 Å². The van der Waals surface area contributed by atoms with Gasteiger partial charge < -0.3 is 14.8 Å². The molecule has 0 fully saturated rings. The summed E-state index contributed by atoms with van der Waals surface area (Å²) >= 11 is 6.05. The van der Waals surface area contributed by atoms with Crippen LogP contribution < -0.4 is 19.1 Å². The van der Waals surface area contributed by atoms with Crippen molar-refractivity contribution in [2.24, 2.45) is 0 Å². The van der Waals surface area contributed by atoms with Crippen LogP contribution in [0.15, 0.2) is 42.5 Å². The highest BCUT2D eigenvalue weighted by atomic mass is 35.5. The first kappa shape index (κ1) is 22.8. The van der Waals surface area contributed by atoms with Crippen molar-refractivity contribution in [3.63, 3.8) is 0 Å². The quantitative estimate of drug-likeness (QED) is 0.606. The number of sulfonamides is 1. The number of carbonyl (C=O) groups is 1. The van der Waals surface area contributed by atoms with Gasteiger partial charge in [0.05, 0.1) is 18.5 Å². The lowest BCUT2D eigenvalue weighted by molar-refractivity contribution is -0.127. The molecule has 0 heterocycles. The number of ether oxygens (including phenoxy) is 2. The highest BCUT2D eigenvalue weighted by Gasteiger charge is 2.15. The number of anilines is 1. The maximum atomic E-state index is 12.2. The van der Waals surface area contributed by atoms with Crippen LogP contribution in [0.2, 0.25) is 5.02 Å². The third-order valence-electron chi connectivity index (χ3n) is 4.19. The molecule has 1 N–H and O–H groups in total. The molecule has 0 aromatic heterocycles. The average molecular weight is 441 g/mol. The summed E-state index contributed by atoms with van der Waals surface area (Å²) in [5.41, 5.74) is 1.47. The molecule has 0 saturated heterocycles. The molecule has 7 nitrogen and oxygen atoms in total. The van der Waals surface area contributed by atoms with Crippen LogP contribution in [-0.4, -0.2) is 46.9 Å². The molecule has 1 atom stereocenters. The lowest BCUT2D eigenvalue weighted by atomic mass is 10.2. The standard InChI is InChI=1S/C20H25ClN2O5S/c1-14-5-8-18(13-19(14)21)27-12-11-22-20(24)15(2)28-17-9-6-16(7-10-17)23(3)29(4,25)26/h5-10,13,15H,11-12H2,1-4H3,(H,22,24)/t15-/m1/s1. The van der Waals surface area contributed by atoms with E-state index in [2.05, 4.69) is 5.32 Å². The van der Waals surface area contributed by atoms with Gasteiger partial charge in [-0.15, -0.1) is 0 Å². The maximum Gasteiger partial charge on any atom is 0.260 e. The third kappa shape index (κ3) is 6.83. The fourth-order valence-electron chi connectivity index (χ4n) is 2.33. The number of carbonyl (C=O) groups excluding carboxylic acids is 1. The Morgan fingerprint density at radius 1 is 1.17 bits per heavy atom. The minimum atomic E-state index is -3.33. The SMILES string of the molecule is Cc1ccc(OCCNC(=O)[C@@H](C)Oc2ccc(N(C)S(C)(=O)=O)cc2)cc1Cl. The summed E-state index contributed by atoms with van der Waals surface area (Å²) in [6.45, 7) is 4.15. The zero-order valence-corrected chi connectivity index (χ0v) is 18.4. The Balaban J connectivity index is 1.79. The molecule has 0 radical (unpaired) electrons. The smallest absolute Gasteiger partial charge is 0.260 e. The van der Waals surface area contributed by atoms with Gasteiger partial charge in [-0.1, -0.05) is 17.7 Å². The molecule has 2 aromatic rings. The van der Waals surface area contributed by atoms with E-state index in [-0.39, 0.29) is 5.91 Å². The van der Waals surface area contributed by atoms with Crippen LogP contribution in [0, 0.1) is 6.92 Å². The van der Waals surface area contributed by atoms with E-state index < -0.39 is 16.1 Å². The number of nitrogens with one attached hydrogen (secondary N) is 1. The van der Waals surface area contributed by atoms with Crippen LogP contribution in [0.1, 0.15) is 12.5 Å². The number of hydrogen-bond donors (Lipinski definition) is 1. The van der Waals surface area contributed by atoms with Crippen molar-refractivity contribution in [3.8, 4) is 11.5 Å². The molecule has 29 heavy (non-hydrogen) atoms. The van der Waals surface area contributed by atoms with Crippen molar-refractivity contribution >= 4 is 33.2 Å². The summed E-state index contributed by atoms with van der Waals surface area (Å²) < 4.78 is 35.4. The predicted octanol–water partition coefficient (Wildman–Crippen LogP) is 3.01. The summed E-state index contributed by atoms with van der Waals surface area (Å²) in [4.78, 5) is 12.2. The highest BCUT2D eigenvalue weighted by Crippen LogP contribution is 2.22. The van der Waals surface area contributed by atoms with Gasteiger partial charge in [-0.2, -0.15) is 0 Å². The highest BCUT2D eigenvalue weighted by molar-refractivity contribution is 7.92. The van der Waals surface area contributed by atoms with Gasteiger partial charge in [0.1, 0.15) is 18.1 Å². The van der Waals surface area contributed by atoms with Crippen molar-refractivity contribution in [3.05, 3.63) is 53.1 Å². The van der Waals surface area contributed by atoms with E-state index in [1.165, 1.54) is 7.05 Å². The first-order valence-electron chi connectivity index (χ1n) is 8.95. The van der Waals surface area contributed by atoms with E-state index in [1.54, 1.807) is 37.3 Å². The van der Waals surface area contributed by atoms with E-state index in [0.717, 1.165) is 16.1 Å². The van der Waals surface area contributed by atoms with Gasteiger partial charge >= 0.3 is 0 Å². The van der Waals surface area contributed by atoms with Gasteiger partial charge in [0.15, 0.2) is 6.10 Å². The van der Waals surface area contributed by atoms with Gasteiger partial charge in [-0.3, -0.25) is 9.10 Å². The lowest BCUT2D eigenvalue weighted by Crippen LogP contribution is -2.38. The number of benzene rings is 2. The molecule has 0 bridgehead atoms. The predicted molar refractivity (Wildman–Crippen MR) is 114 cm³/mol. The Bertz CT molecular complexity index is 948. The van der Waals surface area contributed by atoms with Crippen molar-refractivity contribution < 1.29 is 22.7 Å². The van der Waals surface area contributed by atoms with Gasteiger partial charge in [-0.25, -0.2) is 8.42 Å². The molecule has 2 rings (SSSR count). The fourth-order valence-corrected chi connectivity index (χ4v) is 3.01. The topological polar surface area (TPSA) is 84.9 Å². The number of aryl methyl sites for hydroxylation is 1. The second-order valence-corrected chi connectivity index (χ2v) is 8.96. The largest absolute Gasteiger partial charge is 0.492 e. The summed E-state index contributed by atoms with van der Waals surface area (Å²) in [5.74, 6) is 0.815. The van der Waals surface area contributed by atoms with Crippen LogP contribution in [0.3, 0.4) is 0 Å². The molecule has 0 aliphatic rings. The zero-order valence-electron chi connectivity index (χ0n) is 16.8. The second-order valence-electron chi connectivity index (χ2n) is 6.53. The average Bonchev–Trinajstić information content (AvgIpc) is 2.67. The molecule has 1 amide bonds.